The molecule has 1 rings (SSSR count). The van der Waals surface area contributed by atoms with E-state index in [4.69, 9.17) is 5.73 Å². The number of nitrogens with one attached hydrogen (secondary N) is 1. The van der Waals surface area contributed by atoms with Gasteiger partial charge in [-0.05, 0) is 24.6 Å². The Balaban J connectivity index is 2.83. The van der Waals surface area contributed by atoms with E-state index in [1.165, 1.54) is 12.1 Å². The second kappa shape index (κ2) is 5.96. The minimum absolute atomic E-state index is 0.0290. The Kier molecular flexibility index (Phi) is 4.89. The van der Waals surface area contributed by atoms with Gasteiger partial charge in [0.05, 0.1) is 5.56 Å². The van der Waals surface area contributed by atoms with Crippen LogP contribution in [0.15, 0.2) is 22.7 Å². The van der Waals surface area contributed by atoms with Gasteiger partial charge in [0.15, 0.2) is 0 Å². The minimum atomic E-state index is -0.535. The van der Waals surface area contributed by atoms with Gasteiger partial charge in [-0.15, -0.1) is 0 Å². The molecular formula is C11H14BrFN2O. The first-order chi connectivity index (χ1) is 7.58. The molecule has 0 aliphatic rings. The molecule has 5 heteroatoms. The van der Waals surface area contributed by atoms with E-state index < -0.39 is 11.7 Å². The average molecular weight is 289 g/mol. The molecule has 0 radical (unpaired) electrons. The van der Waals surface area contributed by atoms with Crippen molar-refractivity contribution < 1.29 is 9.18 Å². The summed E-state index contributed by atoms with van der Waals surface area (Å²) >= 11 is 3.19. The highest BCUT2D eigenvalue weighted by Gasteiger charge is 2.14. The summed E-state index contributed by atoms with van der Waals surface area (Å²) in [7, 11) is 0. The van der Waals surface area contributed by atoms with E-state index in [-0.39, 0.29) is 11.6 Å². The standard InChI is InChI=1S/C11H14BrFN2O/c1-2-8(6-14)15-11(16)9-5-7(12)3-4-10(9)13/h3-5,8H,2,6,14H2,1H3,(H,15,16). The summed E-state index contributed by atoms with van der Waals surface area (Å²) < 4.78 is 14.0. The minimum Gasteiger partial charge on any atom is -0.348 e. The molecule has 3 N–H and O–H groups in total. The van der Waals surface area contributed by atoms with Gasteiger partial charge < -0.3 is 11.1 Å². The maximum atomic E-state index is 13.4. The molecular weight excluding hydrogens is 275 g/mol. The van der Waals surface area contributed by atoms with Crippen LogP contribution in [-0.2, 0) is 0 Å². The van der Waals surface area contributed by atoms with Crippen LogP contribution in [0.2, 0.25) is 0 Å². The first kappa shape index (κ1) is 13.1. The quantitative estimate of drug-likeness (QED) is 0.891. The molecule has 1 aromatic rings. The number of carbonyl (C=O) groups excluding carboxylic acids is 1. The van der Waals surface area contributed by atoms with Gasteiger partial charge in [0.1, 0.15) is 5.82 Å². The van der Waals surface area contributed by atoms with Crippen molar-refractivity contribution in [3.63, 3.8) is 0 Å². The SMILES string of the molecule is CCC(CN)NC(=O)c1cc(Br)ccc1F. The van der Waals surface area contributed by atoms with Crippen molar-refractivity contribution >= 4 is 21.8 Å². The third-order valence-corrected chi connectivity index (χ3v) is 2.78. The summed E-state index contributed by atoms with van der Waals surface area (Å²) in [5, 5.41) is 2.68. The second-order valence-corrected chi connectivity index (χ2v) is 4.35. The number of halogens is 2. The molecule has 16 heavy (non-hydrogen) atoms. The monoisotopic (exact) mass is 288 g/mol. The molecule has 88 valence electrons. The van der Waals surface area contributed by atoms with E-state index in [1.54, 1.807) is 6.07 Å². The van der Waals surface area contributed by atoms with Crippen LogP contribution in [0.5, 0.6) is 0 Å². The summed E-state index contributed by atoms with van der Waals surface area (Å²) in [6.07, 6.45) is 0.720. The zero-order valence-corrected chi connectivity index (χ0v) is 10.6. The van der Waals surface area contributed by atoms with Crippen molar-refractivity contribution in [2.45, 2.75) is 19.4 Å². The first-order valence-corrected chi connectivity index (χ1v) is 5.83. The van der Waals surface area contributed by atoms with Gasteiger partial charge >= 0.3 is 0 Å². The predicted molar refractivity (Wildman–Crippen MR) is 64.7 cm³/mol. The molecule has 0 spiro atoms. The number of amides is 1. The van der Waals surface area contributed by atoms with Gasteiger partial charge in [0.25, 0.3) is 5.91 Å². The van der Waals surface area contributed by atoms with E-state index in [9.17, 15) is 9.18 Å². The maximum absolute atomic E-state index is 13.4. The maximum Gasteiger partial charge on any atom is 0.254 e. The van der Waals surface area contributed by atoms with Crippen LogP contribution in [0.4, 0.5) is 4.39 Å². The van der Waals surface area contributed by atoms with Crippen molar-refractivity contribution in [1.82, 2.24) is 5.32 Å². The van der Waals surface area contributed by atoms with Gasteiger partial charge in [-0.2, -0.15) is 0 Å². The molecule has 0 saturated heterocycles. The van der Waals surface area contributed by atoms with Gasteiger partial charge in [-0.25, -0.2) is 4.39 Å². The number of hydrogen-bond donors (Lipinski definition) is 2. The molecule has 0 saturated carbocycles. The number of hydrogen-bond acceptors (Lipinski definition) is 2. The fraction of sp³-hybridized carbons (Fsp3) is 0.364. The Labute approximate surface area is 102 Å². The second-order valence-electron chi connectivity index (χ2n) is 3.44. The molecule has 3 nitrogen and oxygen atoms in total. The van der Waals surface area contributed by atoms with Gasteiger partial charge in [0.2, 0.25) is 0 Å². The Hall–Kier alpha value is -0.940. The Bertz CT molecular complexity index is 380. The lowest BCUT2D eigenvalue weighted by molar-refractivity contribution is 0.0933. The normalized spacial score (nSPS) is 12.2. The van der Waals surface area contributed by atoms with E-state index in [0.717, 1.165) is 6.42 Å². The summed E-state index contributed by atoms with van der Waals surface area (Å²) in [6, 6.07) is 4.13. The molecule has 0 aliphatic heterocycles. The van der Waals surface area contributed by atoms with Crippen LogP contribution >= 0.6 is 15.9 Å². The van der Waals surface area contributed by atoms with Crippen molar-refractivity contribution in [2.24, 2.45) is 5.73 Å². The van der Waals surface area contributed by atoms with Crippen LogP contribution in [0, 0.1) is 5.82 Å². The molecule has 0 aliphatic carbocycles. The Morgan fingerprint density at radius 3 is 2.88 bits per heavy atom. The number of benzene rings is 1. The zero-order valence-electron chi connectivity index (χ0n) is 8.97. The van der Waals surface area contributed by atoms with Crippen molar-refractivity contribution in [3.8, 4) is 0 Å². The van der Waals surface area contributed by atoms with E-state index in [1.807, 2.05) is 6.92 Å². The molecule has 0 heterocycles. The third kappa shape index (κ3) is 3.28. The van der Waals surface area contributed by atoms with E-state index in [0.29, 0.717) is 11.0 Å². The molecule has 1 unspecified atom stereocenters. The molecule has 1 atom stereocenters. The van der Waals surface area contributed by atoms with E-state index >= 15 is 0 Å². The average Bonchev–Trinajstić information content (AvgIpc) is 2.28. The third-order valence-electron chi connectivity index (χ3n) is 2.29. The lowest BCUT2D eigenvalue weighted by Gasteiger charge is -2.14. The van der Waals surface area contributed by atoms with Crippen molar-refractivity contribution in [1.29, 1.82) is 0 Å². The number of nitrogens with two attached hydrogens (primary N) is 1. The Morgan fingerprint density at radius 1 is 1.62 bits per heavy atom. The fourth-order valence-corrected chi connectivity index (χ4v) is 1.62. The van der Waals surface area contributed by atoms with Crippen molar-refractivity contribution in [3.05, 3.63) is 34.1 Å². The zero-order chi connectivity index (χ0) is 12.1. The lowest BCUT2D eigenvalue weighted by Crippen LogP contribution is -2.39. The van der Waals surface area contributed by atoms with Crippen molar-refractivity contribution in [2.75, 3.05) is 6.54 Å². The molecule has 1 aromatic carbocycles. The lowest BCUT2D eigenvalue weighted by atomic mass is 10.1. The summed E-state index contributed by atoms with van der Waals surface area (Å²) in [5.41, 5.74) is 5.49. The topological polar surface area (TPSA) is 55.1 Å². The van der Waals surface area contributed by atoms with Gasteiger partial charge in [-0.1, -0.05) is 22.9 Å². The largest absolute Gasteiger partial charge is 0.348 e. The van der Waals surface area contributed by atoms with Gasteiger partial charge in [0, 0.05) is 17.1 Å². The molecule has 0 fully saturated rings. The number of carbonyl (C=O) groups is 1. The molecule has 0 bridgehead atoms. The van der Waals surface area contributed by atoms with Crippen LogP contribution in [0.1, 0.15) is 23.7 Å². The fourth-order valence-electron chi connectivity index (χ4n) is 1.26. The van der Waals surface area contributed by atoms with Crippen LogP contribution in [0.3, 0.4) is 0 Å². The first-order valence-electron chi connectivity index (χ1n) is 5.04. The summed E-state index contributed by atoms with van der Waals surface area (Å²) in [5.74, 6) is -0.969. The highest BCUT2D eigenvalue weighted by Crippen LogP contribution is 2.15. The Morgan fingerprint density at radius 2 is 2.31 bits per heavy atom. The number of rotatable bonds is 4. The van der Waals surface area contributed by atoms with Gasteiger partial charge in [-0.3, -0.25) is 4.79 Å². The van der Waals surface area contributed by atoms with Crippen LogP contribution < -0.4 is 11.1 Å². The summed E-state index contributed by atoms with van der Waals surface area (Å²) in [6.45, 7) is 2.26. The van der Waals surface area contributed by atoms with E-state index in [2.05, 4.69) is 21.2 Å². The molecule has 1 amide bonds. The van der Waals surface area contributed by atoms with Crippen LogP contribution in [0.25, 0.3) is 0 Å². The highest BCUT2D eigenvalue weighted by molar-refractivity contribution is 9.10. The van der Waals surface area contributed by atoms with Crippen LogP contribution in [-0.4, -0.2) is 18.5 Å². The predicted octanol–water partition coefficient (Wildman–Crippen LogP) is 2.06. The smallest absolute Gasteiger partial charge is 0.254 e. The summed E-state index contributed by atoms with van der Waals surface area (Å²) in [4.78, 5) is 11.7. The molecule has 0 aromatic heterocycles. The highest BCUT2D eigenvalue weighted by atomic mass is 79.9.